The number of halogens is 1. The van der Waals surface area contributed by atoms with Gasteiger partial charge in [-0.3, -0.25) is 9.59 Å². The lowest BCUT2D eigenvalue weighted by Crippen LogP contribution is -2.45. The lowest BCUT2D eigenvalue weighted by atomic mass is 10.1. The van der Waals surface area contributed by atoms with Gasteiger partial charge in [0.25, 0.3) is 0 Å². The van der Waals surface area contributed by atoms with E-state index in [1.165, 1.54) is 18.9 Å². The second-order valence-electron chi connectivity index (χ2n) is 5.27. The van der Waals surface area contributed by atoms with Crippen molar-refractivity contribution >= 4 is 35.1 Å². The third-order valence-electron chi connectivity index (χ3n) is 3.91. The Morgan fingerprint density at radius 2 is 2.14 bits per heavy atom. The van der Waals surface area contributed by atoms with Crippen LogP contribution >= 0.6 is 11.6 Å². The van der Waals surface area contributed by atoms with Crippen LogP contribution in [-0.2, 0) is 14.4 Å². The standard InChI is InChI=1S/C15H17ClN2O4/c1-9(15(21)22)17(2)13(19)12-6-7-18(14(12)20)11-5-3-4-10(16)8-11/h3-5,8-9,12H,6-7H2,1-2H3,(H,21,22). The zero-order chi connectivity index (χ0) is 16.4. The molecule has 22 heavy (non-hydrogen) atoms. The highest BCUT2D eigenvalue weighted by Crippen LogP contribution is 2.28. The van der Waals surface area contributed by atoms with Crippen LogP contribution in [0.4, 0.5) is 5.69 Å². The molecular weight excluding hydrogens is 308 g/mol. The minimum Gasteiger partial charge on any atom is -0.480 e. The van der Waals surface area contributed by atoms with E-state index in [1.807, 2.05) is 0 Å². The Morgan fingerprint density at radius 3 is 2.73 bits per heavy atom. The summed E-state index contributed by atoms with van der Waals surface area (Å²) in [6.07, 6.45) is 0.362. The van der Waals surface area contributed by atoms with Gasteiger partial charge in [-0.25, -0.2) is 4.79 Å². The van der Waals surface area contributed by atoms with E-state index >= 15 is 0 Å². The van der Waals surface area contributed by atoms with Gasteiger partial charge in [0.05, 0.1) is 0 Å². The predicted octanol–water partition coefficient (Wildman–Crippen LogP) is 1.62. The fourth-order valence-electron chi connectivity index (χ4n) is 2.41. The van der Waals surface area contributed by atoms with Crippen LogP contribution in [0.25, 0.3) is 0 Å². The average molecular weight is 325 g/mol. The molecule has 2 unspecified atom stereocenters. The highest BCUT2D eigenvalue weighted by Gasteiger charge is 2.40. The quantitative estimate of drug-likeness (QED) is 0.854. The summed E-state index contributed by atoms with van der Waals surface area (Å²) in [4.78, 5) is 38.4. The summed E-state index contributed by atoms with van der Waals surface area (Å²) in [5.74, 6) is -2.74. The highest BCUT2D eigenvalue weighted by atomic mass is 35.5. The van der Waals surface area contributed by atoms with Crippen molar-refractivity contribution in [2.45, 2.75) is 19.4 Å². The van der Waals surface area contributed by atoms with Gasteiger partial charge in [-0.05, 0) is 31.5 Å². The van der Waals surface area contributed by atoms with E-state index in [0.29, 0.717) is 23.7 Å². The predicted molar refractivity (Wildman–Crippen MR) is 81.8 cm³/mol. The number of amides is 2. The minimum absolute atomic E-state index is 0.322. The minimum atomic E-state index is -1.10. The molecule has 118 valence electrons. The first kappa shape index (κ1) is 16.3. The second-order valence-corrected chi connectivity index (χ2v) is 5.71. The molecule has 0 spiro atoms. The molecule has 6 nitrogen and oxygen atoms in total. The Labute approximate surface area is 133 Å². The normalized spacial score (nSPS) is 19.1. The van der Waals surface area contributed by atoms with E-state index in [-0.39, 0.29) is 5.91 Å². The summed E-state index contributed by atoms with van der Waals surface area (Å²) >= 11 is 5.92. The first-order valence-corrected chi connectivity index (χ1v) is 7.27. The molecule has 1 saturated heterocycles. The third-order valence-corrected chi connectivity index (χ3v) is 4.14. The number of nitrogens with zero attached hydrogens (tertiary/aromatic N) is 2. The molecule has 1 aliphatic heterocycles. The van der Waals surface area contributed by atoms with Crippen LogP contribution in [0.5, 0.6) is 0 Å². The fourth-order valence-corrected chi connectivity index (χ4v) is 2.60. The number of benzene rings is 1. The topological polar surface area (TPSA) is 77.9 Å². The summed E-state index contributed by atoms with van der Waals surface area (Å²) in [6, 6.07) is 5.88. The number of rotatable bonds is 4. The summed E-state index contributed by atoms with van der Waals surface area (Å²) < 4.78 is 0. The maximum absolute atomic E-state index is 12.4. The van der Waals surface area contributed by atoms with Crippen molar-refractivity contribution in [2.75, 3.05) is 18.5 Å². The molecule has 2 rings (SSSR count). The van der Waals surface area contributed by atoms with Crippen LogP contribution in [0, 0.1) is 5.92 Å². The summed E-state index contributed by atoms with van der Waals surface area (Å²) in [5.41, 5.74) is 0.640. The van der Waals surface area contributed by atoms with Gasteiger partial charge in [-0.2, -0.15) is 0 Å². The molecule has 0 bridgehead atoms. The molecule has 2 amide bonds. The Morgan fingerprint density at radius 1 is 1.45 bits per heavy atom. The van der Waals surface area contributed by atoms with E-state index in [9.17, 15) is 14.4 Å². The van der Waals surface area contributed by atoms with Gasteiger partial charge < -0.3 is 14.9 Å². The van der Waals surface area contributed by atoms with Crippen molar-refractivity contribution < 1.29 is 19.5 Å². The molecule has 1 aliphatic rings. The highest BCUT2D eigenvalue weighted by molar-refractivity contribution is 6.31. The van der Waals surface area contributed by atoms with Crippen LogP contribution in [0.1, 0.15) is 13.3 Å². The average Bonchev–Trinajstić information content (AvgIpc) is 2.86. The second kappa shape index (κ2) is 6.36. The number of carboxylic acid groups (broad SMARTS) is 1. The Kier molecular flexibility index (Phi) is 4.71. The van der Waals surface area contributed by atoms with Crippen molar-refractivity contribution in [3.8, 4) is 0 Å². The molecule has 0 aromatic heterocycles. The maximum Gasteiger partial charge on any atom is 0.326 e. The molecule has 2 atom stereocenters. The number of hydrogen-bond acceptors (Lipinski definition) is 3. The first-order chi connectivity index (χ1) is 10.3. The van der Waals surface area contributed by atoms with E-state index < -0.39 is 23.8 Å². The lowest BCUT2D eigenvalue weighted by molar-refractivity contribution is -0.151. The molecule has 0 aliphatic carbocycles. The summed E-state index contributed by atoms with van der Waals surface area (Å²) in [7, 11) is 1.40. The number of carbonyl (C=O) groups excluding carboxylic acids is 2. The largest absolute Gasteiger partial charge is 0.480 e. The number of hydrogen-bond donors (Lipinski definition) is 1. The Bertz CT molecular complexity index is 619. The molecule has 1 fully saturated rings. The fraction of sp³-hybridized carbons (Fsp3) is 0.400. The van der Waals surface area contributed by atoms with Crippen LogP contribution in [-0.4, -0.2) is 47.4 Å². The van der Waals surface area contributed by atoms with Crippen LogP contribution < -0.4 is 4.90 Å². The molecule has 0 radical (unpaired) electrons. The molecule has 0 saturated carbocycles. The van der Waals surface area contributed by atoms with Gasteiger partial charge in [0.15, 0.2) is 0 Å². The molecule has 7 heteroatoms. The van der Waals surface area contributed by atoms with Gasteiger partial charge in [-0.15, -0.1) is 0 Å². The third kappa shape index (κ3) is 3.06. The van der Waals surface area contributed by atoms with Gasteiger partial charge >= 0.3 is 5.97 Å². The van der Waals surface area contributed by atoms with Gasteiger partial charge in [0.1, 0.15) is 12.0 Å². The van der Waals surface area contributed by atoms with Crippen molar-refractivity contribution in [2.24, 2.45) is 5.92 Å². The number of carbonyl (C=O) groups is 3. The summed E-state index contributed by atoms with van der Waals surface area (Å²) in [6.45, 7) is 1.82. The number of aliphatic carboxylic acids is 1. The van der Waals surface area contributed by atoms with Crippen LogP contribution in [0.15, 0.2) is 24.3 Å². The Balaban J connectivity index is 2.14. The van der Waals surface area contributed by atoms with Gasteiger partial charge in [0.2, 0.25) is 11.8 Å². The Hall–Kier alpha value is -2.08. The maximum atomic E-state index is 12.4. The van der Waals surface area contributed by atoms with Gasteiger partial charge in [0, 0.05) is 24.3 Å². The van der Waals surface area contributed by atoms with E-state index in [0.717, 1.165) is 4.90 Å². The van der Waals surface area contributed by atoms with Crippen molar-refractivity contribution in [3.63, 3.8) is 0 Å². The number of carboxylic acids is 1. The lowest BCUT2D eigenvalue weighted by Gasteiger charge is -2.24. The molecule has 1 heterocycles. The SMILES string of the molecule is CC(C(=O)O)N(C)C(=O)C1CCN(c2cccc(Cl)c2)C1=O. The first-order valence-electron chi connectivity index (χ1n) is 6.89. The van der Waals surface area contributed by atoms with Crippen LogP contribution in [0.2, 0.25) is 5.02 Å². The monoisotopic (exact) mass is 324 g/mol. The van der Waals surface area contributed by atoms with Crippen molar-refractivity contribution in [1.29, 1.82) is 0 Å². The summed E-state index contributed by atoms with van der Waals surface area (Å²) in [5, 5.41) is 9.48. The van der Waals surface area contributed by atoms with E-state index in [4.69, 9.17) is 16.7 Å². The molecule has 1 N–H and O–H groups in total. The van der Waals surface area contributed by atoms with Gasteiger partial charge in [-0.1, -0.05) is 17.7 Å². The zero-order valence-corrected chi connectivity index (χ0v) is 13.1. The van der Waals surface area contributed by atoms with Crippen molar-refractivity contribution in [3.05, 3.63) is 29.3 Å². The van der Waals surface area contributed by atoms with Crippen LogP contribution in [0.3, 0.4) is 0 Å². The van der Waals surface area contributed by atoms with Crippen molar-refractivity contribution in [1.82, 2.24) is 4.90 Å². The van der Waals surface area contributed by atoms with E-state index in [1.54, 1.807) is 24.3 Å². The molecule has 1 aromatic rings. The molecule has 1 aromatic carbocycles. The molecular formula is C15H17ClN2O4. The van der Waals surface area contributed by atoms with E-state index in [2.05, 4.69) is 0 Å². The smallest absolute Gasteiger partial charge is 0.326 e. The zero-order valence-electron chi connectivity index (χ0n) is 12.3. The number of likely N-dealkylation sites (N-methyl/N-ethyl adjacent to an activating group) is 1. The number of anilines is 1.